The summed E-state index contributed by atoms with van der Waals surface area (Å²) in [6.45, 7) is -0.630. The van der Waals surface area contributed by atoms with Crippen LogP contribution < -0.4 is 15.4 Å². The average Bonchev–Trinajstić information content (AvgIpc) is 2.72. The zero-order chi connectivity index (χ0) is 20.8. The molecule has 0 aromatic heterocycles. The molecule has 2 N–H and O–H groups in total. The SMILES string of the molecule is COc1ccccc1C(=O)NC(=O)COC(=O)C[C@@H]1Sc2ccccc2NC1=O. The van der Waals surface area contributed by atoms with Crippen molar-refractivity contribution in [2.24, 2.45) is 0 Å². The van der Waals surface area contributed by atoms with Gasteiger partial charge in [0.25, 0.3) is 11.8 Å². The number of rotatable bonds is 6. The first-order valence-corrected chi connectivity index (χ1v) is 9.55. The molecule has 0 aliphatic carbocycles. The van der Waals surface area contributed by atoms with E-state index in [1.807, 2.05) is 12.1 Å². The zero-order valence-electron chi connectivity index (χ0n) is 15.5. The minimum absolute atomic E-state index is 0.184. The molecule has 1 aliphatic rings. The van der Waals surface area contributed by atoms with Gasteiger partial charge in [0, 0.05) is 4.90 Å². The quantitative estimate of drug-likeness (QED) is 0.696. The summed E-state index contributed by atoms with van der Waals surface area (Å²) in [7, 11) is 1.41. The predicted molar refractivity (Wildman–Crippen MR) is 106 cm³/mol. The third kappa shape index (κ3) is 5.14. The highest BCUT2D eigenvalue weighted by Gasteiger charge is 2.29. The smallest absolute Gasteiger partial charge is 0.307 e. The predicted octanol–water partition coefficient (Wildman–Crippen LogP) is 2.00. The first-order chi connectivity index (χ1) is 14.0. The van der Waals surface area contributed by atoms with Gasteiger partial charge in [0.1, 0.15) is 5.75 Å². The fraction of sp³-hybridized carbons (Fsp3) is 0.200. The van der Waals surface area contributed by atoms with Crippen molar-refractivity contribution < 1.29 is 28.7 Å². The van der Waals surface area contributed by atoms with Gasteiger partial charge in [-0.3, -0.25) is 24.5 Å². The van der Waals surface area contributed by atoms with Crippen LogP contribution in [0.2, 0.25) is 0 Å². The van der Waals surface area contributed by atoms with Crippen molar-refractivity contribution in [3.8, 4) is 5.75 Å². The molecule has 1 heterocycles. The number of hydrogen-bond acceptors (Lipinski definition) is 7. The number of fused-ring (bicyclic) bond motifs is 1. The van der Waals surface area contributed by atoms with Gasteiger partial charge >= 0.3 is 5.97 Å². The lowest BCUT2D eigenvalue weighted by Gasteiger charge is -2.23. The van der Waals surface area contributed by atoms with Crippen LogP contribution in [0.5, 0.6) is 5.75 Å². The van der Waals surface area contributed by atoms with E-state index in [-0.39, 0.29) is 17.9 Å². The largest absolute Gasteiger partial charge is 0.496 e. The highest BCUT2D eigenvalue weighted by Crippen LogP contribution is 2.36. The Bertz CT molecular complexity index is 961. The van der Waals surface area contributed by atoms with Gasteiger partial charge in [0.2, 0.25) is 5.91 Å². The molecule has 1 aliphatic heterocycles. The lowest BCUT2D eigenvalue weighted by Crippen LogP contribution is -2.35. The summed E-state index contributed by atoms with van der Waals surface area (Å²) in [6, 6.07) is 13.7. The number of benzene rings is 2. The van der Waals surface area contributed by atoms with Crippen molar-refractivity contribution in [3.05, 3.63) is 54.1 Å². The monoisotopic (exact) mass is 414 g/mol. The Labute approximate surface area is 170 Å². The molecular formula is C20H18N2O6S. The van der Waals surface area contributed by atoms with Gasteiger partial charge in [0.15, 0.2) is 6.61 Å². The lowest BCUT2D eigenvalue weighted by molar-refractivity contribution is -0.148. The Hall–Kier alpha value is -3.33. The van der Waals surface area contributed by atoms with E-state index in [9.17, 15) is 19.2 Å². The number of esters is 1. The van der Waals surface area contributed by atoms with Crippen LogP contribution in [0.3, 0.4) is 0 Å². The van der Waals surface area contributed by atoms with Crippen LogP contribution >= 0.6 is 11.8 Å². The number of amides is 3. The van der Waals surface area contributed by atoms with Gasteiger partial charge in [-0.1, -0.05) is 24.3 Å². The summed E-state index contributed by atoms with van der Waals surface area (Å²) in [4.78, 5) is 49.1. The van der Waals surface area contributed by atoms with Crippen molar-refractivity contribution in [3.63, 3.8) is 0 Å². The third-order valence-electron chi connectivity index (χ3n) is 4.03. The van der Waals surface area contributed by atoms with Crippen molar-refractivity contribution in [2.45, 2.75) is 16.6 Å². The Balaban J connectivity index is 1.49. The van der Waals surface area contributed by atoms with Gasteiger partial charge in [-0.25, -0.2) is 0 Å². The number of ether oxygens (including phenoxy) is 2. The number of imide groups is 1. The average molecular weight is 414 g/mol. The maximum atomic E-state index is 12.1. The second-order valence-electron chi connectivity index (χ2n) is 6.03. The molecule has 2 aromatic carbocycles. The van der Waals surface area contributed by atoms with Crippen LogP contribution in [-0.4, -0.2) is 42.7 Å². The first kappa shape index (κ1) is 20.4. The van der Waals surface area contributed by atoms with E-state index in [2.05, 4.69) is 10.6 Å². The van der Waals surface area contributed by atoms with E-state index in [1.54, 1.807) is 30.3 Å². The molecule has 0 saturated carbocycles. The molecule has 0 radical (unpaired) electrons. The fourth-order valence-electron chi connectivity index (χ4n) is 2.65. The fourth-order valence-corrected chi connectivity index (χ4v) is 3.74. The van der Waals surface area contributed by atoms with Gasteiger partial charge in [-0.15, -0.1) is 11.8 Å². The van der Waals surface area contributed by atoms with Gasteiger partial charge in [-0.2, -0.15) is 0 Å². The highest BCUT2D eigenvalue weighted by atomic mass is 32.2. The van der Waals surface area contributed by atoms with Crippen molar-refractivity contribution in [2.75, 3.05) is 19.0 Å². The van der Waals surface area contributed by atoms with Crippen LogP contribution in [0.15, 0.2) is 53.4 Å². The minimum Gasteiger partial charge on any atom is -0.496 e. The number of anilines is 1. The summed E-state index contributed by atoms with van der Waals surface area (Å²) in [5, 5.41) is 4.21. The van der Waals surface area contributed by atoms with Crippen LogP contribution in [0.4, 0.5) is 5.69 Å². The van der Waals surface area contributed by atoms with E-state index >= 15 is 0 Å². The van der Waals surface area contributed by atoms with Crippen molar-refractivity contribution in [1.82, 2.24) is 5.32 Å². The lowest BCUT2D eigenvalue weighted by atomic mass is 10.2. The maximum absolute atomic E-state index is 12.1. The first-order valence-electron chi connectivity index (χ1n) is 8.67. The molecular weight excluding hydrogens is 396 g/mol. The number of hydrogen-bond donors (Lipinski definition) is 2. The van der Waals surface area contributed by atoms with E-state index in [1.165, 1.54) is 24.9 Å². The van der Waals surface area contributed by atoms with E-state index in [0.717, 1.165) is 4.90 Å². The van der Waals surface area contributed by atoms with Crippen molar-refractivity contribution >= 4 is 41.1 Å². The molecule has 29 heavy (non-hydrogen) atoms. The topological polar surface area (TPSA) is 111 Å². The van der Waals surface area contributed by atoms with Gasteiger partial charge in [0.05, 0.1) is 30.0 Å². The van der Waals surface area contributed by atoms with E-state index in [0.29, 0.717) is 11.4 Å². The van der Waals surface area contributed by atoms with Gasteiger partial charge in [-0.05, 0) is 24.3 Å². The molecule has 0 spiro atoms. The molecule has 9 heteroatoms. The second kappa shape index (κ2) is 9.24. The molecule has 1 atom stereocenters. The van der Waals surface area contributed by atoms with Crippen LogP contribution in [0, 0.1) is 0 Å². The maximum Gasteiger partial charge on any atom is 0.307 e. The zero-order valence-corrected chi connectivity index (χ0v) is 16.3. The summed E-state index contributed by atoms with van der Waals surface area (Å²) in [5.41, 5.74) is 0.880. The number of carbonyl (C=O) groups excluding carboxylic acids is 4. The third-order valence-corrected chi connectivity index (χ3v) is 5.30. The number of nitrogens with one attached hydrogen (secondary N) is 2. The highest BCUT2D eigenvalue weighted by molar-refractivity contribution is 8.01. The molecule has 8 nitrogen and oxygen atoms in total. The summed E-state index contributed by atoms with van der Waals surface area (Å²) in [6.07, 6.45) is -0.196. The molecule has 0 bridgehead atoms. The molecule has 3 amide bonds. The van der Waals surface area contributed by atoms with Gasteiger partial charge < -0.3 is 14.8 Å². The Morgan fingerprint density at radius 2 is 1.83 bits per heavy atom. The molecule has 0 fully saturated rings. The van der Waals surface area contributed by atoms with Crippen LogP contribution in [0.25, 0.3) is 0 Å². The van der Waals surface area contributed by atoms with E-state index < -0.39 is 29.6 Å². The number of para-hydroxylation sites is 2. The number of thioether (sulfide) groups is 1. The number of carbonyl (C=O) groups is 4. The minimum atomic E-state index is -0.777. The van der Waals surface area contributed by atoms with Crippen molar-refractivity contribution in [1.29, 1.82) is 0 Å². The number of methoxy groups -OCH3 is 1. The normalized spacial score (nSPS) is 14.9. The Kier molecular flexibility index (Phi) is 6.50. The Morgan fingerprint density at radius 1 is 1.10 bits per heavy atom. The Morgan fingerprint density at radius 3 is 2.62 bits per heavy atom. The molecule has 0 unspecified atom stereocenters. The molecule has 2 aromatic rings. The summed E-state index contributed by atoms with van der Waals surface area (Å²) in [5.74, 6) is -2.14. The van der Waals surface area contributed by atoms with Crippen LogP contribution in [0.1, 0.15) is 16.8 Å². The molecule has 3 rings (SSSR count). The van der Waals surface area contributed by atoms with Crippen LogP contribution in [-0.2, 0) is 19.1 Å². The molecule has 0 saturated heterocycles. The summed E-state index contributed by atoms with van der Waals surface area (Å²) < 4.78 is 9.98. The second-order valence-corrected chi connectivity index (χ2v) is 7.28. The van der Waals surface area contributed by atoms with E-state index in [4.69, 9.17) is 9.47 Å². The molecule has 150 valence electrons. The summed E-state index contributed by atoms with van der Waals surface area (Å²) >= 11 is 1.26. The standard InChI is InChI=1S/C20H18N2O6S/c1-27-14-8-4-2-6-12(14)19(25)22-17(23)11-28-18(24)10-16-20(26)21-13-7-3-5-9-15(13)29-16/h2-9,16H,10-11H2,1H3,(H,21,26)(H,22,23,25)/t16-/m0/s1.